The van der Waals surface area contributed by atoms with Crippen molar-refractivity contribution in [2.24, 2.45) is 11.3 Å². The van der Waals surface area contributed by atoms with Crippen molar-refractivity contribution in [1.82, 2.24) is 0 Å². The van der Waals surface area contributed by atoms with Crippen LogP contribution < -0.4 is 5.48 Å². The van der Waals surface area contributed by atoms with E-state index in [1.807, 2.05) is 18.2 Å². The van der Waals surface area contributed by atoms with Gasteiger partial charge < -0.3 is 0 Å². The second kappa shape index (κ2) is 8.26. The summed E-state index contributed by atoms with van der Waals surface area (Å²) in [6.45, 7) is 6.49. The molecule has 4 nitrogen and oxygen atoms in total. The van der Waals surface area contributed by atoms with Gasteiger partial charge in [0.1, 0.15) is 0 Å². The van der Waals surface area contributed by atoms with E-state index in [1.54, 1.807) is 18.2 Å². The Morgan fingerprint density at radius 3 is 2.46 bits per heavy atom. The first-order valence-corrected chi connectivity index (χ1v) is 11.9. The standard InChI is InChI=1S/C23H31NO3S/c1-4-6-14-23(5-2)16-28(26,27)21-13-12-19(24-25)15-20(21)22(17(23)3)18-10-8-7-9-11-18/h7-13,15,17,22,24-25H,4-6,14,16H2,1-3H3/t17-,22-,23-/m0/s1. The lowest BCUT2D eigenvalue weighted by molar-refractivity contribution is 0.160. The highest BCUT2D eigenvalue weighted by molar-refractivity contribution is 7.91. The van der Waals surface area contributed by atoms with Gasteiger partial charge in [0.2, 0.25) is 0 Å². The number of nitrogens with one attached hydrogen (secondary N) is 1. The molecular formula is C23H31NO3S. The molecule has 2 N–H and O–H groups in total. The Morgan fingerprint density at radius 2 is 1.86 bits per heavy atom. The zero-order chi connectivity index (χ0) is 20.4. The van der Waals surface area contributed by atoms with E-state index in [0.29, 0.717) is 10.6 Å². The Balaban J connectivity index is 2.29. The molecule has 28 heavy (non-hydrogen) atoms. The minimum absolute atomic E-state index is 0.0430. The van der Waals surface area contributed by atoms with Crippen molar-refractivity contribution >= 4 is 15.5 Å². The quantitative estimate of drug-likeness (QED) is 0.616. The van der Waals surface area contributed by atoms with E-state index in [9.17, 15) is 13.6 Å². The molecule has 0 spiro atoms. The lowest BCUT2D eigenvalue weighted by Gasteiger charge is -2.41. The highest BCUT2D eigenvalue weighted by atomic mass is 32.2. The van der Waals surface area contributed by atoms with Gasteiger partial charge in [0.15, 0.2) is 9.84 Å². The lowest BCUT2D eigenvalue weighted by atomic mass is 9.64. The lowest BCUT2D eigenvalue weighted by Crippen LogP contribution is -2.37. The summed E-state index contributed by atoms with van der Waals surface area (Å²) in [4.78, 5) is 0.402. The number of sulfone groups is 1. The molecule has 0 saturated carbocycles. The summed E-state index contributed by atoms with van der Waals surface area (Å²) in [7, 11) is -3.44. The van der Waals surface area contributed by atoms with Crippen LogP contribution in [0.15, 0.2) is 53.4 Å². The first kappa shape index (κ1) is 20.9. The topological polar surface area (TPSA) is 66.4 Å². The van der Waals surface area contributed by atoms with Crippen molar-refractivity contribution in [2.75, 3.05) is 11.2 Å². The van der Waals surface area contributed by atoms with Gasteiger partial charge in [0, 0.05) is 5.92 Å². The average molecular weight is 402 g/mol. The van der Waals surface area contributed by atoms with Gasteiger partial charge in [0.05, 0.1) is 16.3 Å². The Kier molecular flexibility index (Phi) is 6.15. The molecule has 0 fully saturated rings. The number of rotatable bonds is 6. The van der Waals surface area contributed by atoms with Crippen LogP contribution in [-0.2, 0) is 9.84 Å². The molecule has 0 saturated heterocycles. The number of benzene rings is 2. The van der Waals surface area contributed by atoms with E-state index in [1.165, 1.54) is 0 Å². The normalized spacial score (nSPS) is 26.3. The molecule has 0 aliphatic carbocycles. The van der Waals surface area contributed by atoms with E-state index in [2.05, 4.69) is 38.4 Å². The molecule has 1 aliphatic rings. The van der Waals surface area contributed by atoms with E-state index in [0.717, 1.165) is 36.8 Å². The Labute approximate surface area is 168 Å². The summed E-state index contributed by atoms with van der Waals surface area (Å²) in [5.41, 5.74) is 4.33. The molecule has 0 aromatic heterocycles. The maximum Gasteiger partial charge on any atom is 0.179 e. The number of hydrogen-bond donors (Lipinski definition) is 2. The first-order chi connectivity index (χ1) is 13.4. The SMILES string of the molecule is CCCC[C@@]1(CC)CS(=O)(=O)c2ccc(NO)cc2[C@H](c2ccccc2)[C@@H]1C. The number of fused-ring (bicyclic) bond motifs is 1. The first-order valence-electron chi connectivity index (χ1n) is 10.2. The summed E-state index contributed by atoms with van der Waals surface area (Å²) in [6.07, 6.45) is 3.81. The molecule has 1 aliphatic heterocycles. The molecule has 152 valence electrons. The van der Waals surface area contributed by atoms with E-state index in [-0.39, 0.29) is 23.0 Å². The van der Waals surface area contributed by atoms with Crippen LogP contribution in [-0.4, -0.2) is 19.4 Å². The molecule has 0 radical (unpaired) electrons. The number of hydrogen-bond acceptors (Lipinski definition) is 4. The predicted molar refractivity (Wildman–Crippen MR) is 114 cm³/mol. The monoisotopic (exact) mass is 401 g/mol. The summed E-state index contributed by atoms with van der Waals surface area (Å²) >= 11 is 0. The van der Waals surface area contributed by atoms with Gasteiger partial charge in [-0.15, -0.1) is 0 Å². The summed E-state index contributed by atoms with van der Waals surface area (Å²) in [6, 6.07) is 15.3. The van der Waals surface area contributed by atoms with Gasteiger partial charge >= 0.3 is 0 Å². The van der Waals surface area contributed by atoms with Crippen LogP contribution in [0.5, 0.6) is 0 Å². The summed E-state index contributed by atoms with van der Waals surface area (Å²) in [5, 5.41) is 9.43. The number of anilines is 1. The van der Waals surface area contributed by atoms with Crippen molar-refractivity contribution in [3.63, 3.8) is 0 Å². The van der Waals surface area contributed by atoms with Crippen molar-refractivity contribution in [3.8, 4) is 0 Å². The third-order valence-corrected chi connectivity index (χ3v) is 8.64. The van der Waals surface area contributed by atoms with E-state index in [4.69, 9.17) is 0 Å². The minimum atomic E-state index is -3.44. The van der Waals surface area contributed by atoms with Crippen molar-refractivity contribution in [3.05, 3.63) is 59.7 Å². The summed E-state index contributed by atoms with van der Waals surface area (Å²) < 4.78 is 26.9. The highest BCUT2D eigenvalue weighted by Gasteiger charge is 2.47. The van der Waals surface area contributed by atoms with Crippen molar-refractivity contribution < 1.29 is 13.6 Å². The van der Waals surface area contributed by atoms with Crippen LogP contribution in [0.4, 0.5) is 5.69 Å². The van der Waals surface area contributed by atoms with Crippen LogP contribution >= 0.6 is 0 Å². The smallest absolute Gasteiger partial charge is 0.179 e. The molecule has 3 atom stereocenters. The predicted octanol–water partition coefficient (Wildman–Crippen LogP) is 5.63. The molecule has 0 amide bonds. The second-order valence-corrected chi connectivity index (χ2v) is 10.1. The maximum absolute atomic E-state index is 13.5. The van der Waals surface area contributed by atoms with E-state index >= 15 is 0 Å². The minimum Gasteiger partial charge on any atom is -0.291 e. The fraction of sp³-hybridized carbons (Fsp3) is 0.478. The molecular weight excluding hydrogens is 370 g/mol. The number of unbranched alkanes of at least 4 members (excludes halogenated alkanes) is 1. The molecule has 1 heterocycles. The van der Waals surface area contributed by atoms with Crippen LogP contribution in [0.2, 0.25) is 0 Å². The molecule has 0 bridgehead atoms. The Morgan fingerprint density at radius 1 is 1.14 bits per heavy atom. The highest BCUT2D eigenvalue weighted by Crippen LogP contribution is 2.52. The fourth-order valence-electron chi connectivity index (χ4n) is 4.91. The van der Waals surface area contributed by atoms with Crippen LogP contribution in [0.1, 0.15) is 63.5 Å². The second-order valence-electron chi connectivity index (χ2n) is 8.12. The van der Waals surface area contributed by atoms with Crippen molar-refractivity contribution in [2.45, 2.75) is 57.3 Å². The zero-order valence-corrected chi connectivity index (χ0v) is 17.8. The van der Waals surface area contributed by atoms with Gasteiger partial charge in [-0.25, -0.2) is 8.42 Å². The van der Waals surface area contributed by atoms with Gasteiger partial charge in [-0.2, -0.15) is 0 Å². The molecule has 5 heteroatoms. The van der Waals surface area contributed by atoms with Gasteiger partial charge in [-0.05, 0) is 53.5 Å². The maximum atomic E-state index is 13.5. The van der Waals surface area contributed by atoms with E-state index < -0.39 is 9.84 Å². The average Bonchev–Trinajstić information content (AvgIpc) is 2.78. The molecule has 2 aromatic carbocycles. The molecule has 2 aromatic rings. The Bertz CT molecular complexity index is 911. The van der Waals surface area contributed by atoms with Gasteiger partial charge in [-0.3, -0.25) is 10.7 Å². The molecule has 0 unspecified atom stereocenters. The van der Waals surface area contributed by atoms with Crippen molar-refractivity contribution in [1.29, 1.82) is 0 Å². The third-order valence-electron chi connectivity index (χ3n) is 6.64. The van der Waals surface area contributed by atoms with Crippen LogP contribution in [0.25, 0.3) is 0 Å². The van der Waals surface area contributed by atoms with Crippen LogP contribution in [0.3, 0.4) is 0 Å². The molecule has 3 rings (SSSR count). The van der Waals surface area contributed by atoms with Gasteiger partial charge in [-0.1, -0.05) is 63.9 Å². The fourth-order valence-corrected chi connectivity index (χ4v) is 7.26. The zero-order valence-electron chi connectivity index (χ0n) is 17.0. The Hall–Kier alpha value is -1.85. The van der Waals surface area contributed by atoms with Crippen LogP contribution in [0, 0.1) is 11.3 Å². The summed E-state index contributed by atoms with van der Waals surface area (Å²) in [5.74, 6) is 0.287. The largest absolute Gasteiger partial charge is 0.291 e. The van der Waals surface area contributed by atoms with Gasteiger partial charge in [0.25, 0.3) is 0 Å². The third kappa shape index (κ3) is 3.70.